The van der Waals surface area contributed by atoms with Crippen LogP contribution in [0.15, 0.2) is 0 Å². The molecule has 0 aliphatic heterocycles. The van der Waals surface area contributed by atoms with Gasteiger partial charge in [0.05, 0.1) is 0 Å². The van der Waals surface area contributed by atoms with E-state index in [-0.39, 0.29) is 18.5 Å². The number of amides is 1. The van der Waals surface area contributed by atoms with Gasteiger partial charge in [-0.05, 0) is 12.3 Å². The Bertz CT molecular complexity index is 259. The van der Waals surface area contributed by atoms with Crippen LogP contribution in [0.3, 0.4) is 0 Å². The summed E-state index contributed by atoms with van der Waals surface area (Å²) in [6.45, 7) is 3.63. The van der Waals surface area contributed by atoms with E-state index in [1.54, 1.807) is 0 Å². The van der Waals surface area contributed by atoms with E-state index in [1.165, 1.54) is 0 Å². The fourth-order valence-electron chi connectivity index (χ4n) is 1.13. The molecular weight excluding hydrogens is 240 g/mol. The molecule has 0 fully saturated rings. The zero-order chi connectivity index (χ0) is 13.8. The number of carbonyl (C=O) groups is 1. The third-order valence-electron chi connectivity index (χ3n) is 2.56. The van der Waals surface area contributed by atoms with Crippen LogP contribution >= 0.6 is 0 Å². The van der Waals surface area contributed by atoms with Crippen molar-refractivity contribution in [3.8, 4) is 0 Å². The Morgan fingerprint density at radius 1 is 1.35 bits per heavy atom. The van der Waals surface area contributed by atoms with E-state index in [4.69, 9.17) is 5.73 Å². The minimum atomic E-state index is -4.63. The first kappa shape index (κ1) is 16.1. The second kappa shape index (κ2) is 6.18. The summed E-state index contributed by atoms with van der Waals surface area (Å²) in [6, 6.07) is -0.259. The van der Waals surface area contributed by atoms with Gasteiger partial charge in [0.1, 0.15) is 0 Å². The number of halogens is 4. The summed E-state index contributed by atoms with van der Waals surface area (Å²) in [5.41, 5.74) is 5.66. The normalized spacial score (nSPS) is 14.2. The van der Waals surface area contributed by atoms with Crippen molar-refractivity contribution in [3.63, 3.8) is 0 Å². The lowest BCUT2D eigenvalue weighted by Crippen LogP contribution is -2.47. The van der Waals surface area contributed by atoms with Gasteiger partial charge in [-0.15, -0.1) is 0 Å². The highest BCUT2D eigenvalue weighted by Gasteiger charge is 2.50. The number of alkyl halides is 4. The lowest BCUT2D eigenvalue weighted by Gasteiger charge is -2.24. The number of carbonyl (C=O) groups excluding carboxylic acids is 1. The van der Waals surface area contributed by atoms with E-state index in [0.717, 1.165) is 7.05 Å². The number of nitrogens with zero attached hydrogens (tertiary/aromatic N) is 1. The molecule has 0 saturated heterocycles. The highest BCUT2D eigenvalue weighted by atomic mass is 19.3. The van der Waals surface area contributed by atoms with Gasteiger partial charge >= 0.3 is 12.3 Å². The van der Waals surface area contributed by atoms with Crippen LogP contribution < -0.4 is 5.73 Å². The van der Waals surface area contributed by atoms with Gasteiger partial charge in [0.2, 0.25) is 0 Å². The van der Waals surface area contributed by atoms with E-state index in [2.05, 4.69) is 0 Å². The molecular formula is C10H18F4N2O. The van der Waals surface area contributed by atoms with E-state index in [1.807, 2.05) is 13.8 Å². The average Bonchev–Trinajstić information content (AvgIpc) is 2.23. The summed E-state index contributed by atoms with van der Waals surface area (Å²) < 4.78 is 49.3. The molecule has 1 atom stereocenters. The molecule has 17 heavy (non-hydrogen) atoms. The van der Waals surface area contributed by atoms with Crippen LogP contribution in [0.5, 0.6) is 0 Å². The first-order chi connectivity index (χ1) is 7.60. The fraction of sp³-hybridized carbons (Fsp3) is 0.900. The van der Waals surface area contributed by atoms with Gasteiger partial charge in [-0.2, -0.15) is 8.78 Å². The largest absolute Gasteiger partial charge is 0.383 e. The molecule has 7 heteroatoms. The Hall–Kier alpha value is -0.850. The Morgan fingerprint density at radius 3 is 2.18 bits per heavy atom. The zero-order valence-electron chi connectivity index (χ0n) is 10.1. The molecule has 0 rings (SSSR count). The Labute approximate surface area is 97.9 Å². The van der Waals surface area contributed by atoms with E-state index in [9.17, 15) is 22.4 Å². The molecule has 0 heterocycles. The standard InChI is InChI=1S/C10H18F4N2O/c1-6(2)7(15)4-5-16(3)9(17)10(13,14)8(11)12/h6-8H,4-5,15H2,1-3H3. The third kappa shape index (κ3) is 4.49. The maximum Gasteiger partial charge on any atom is 0.383 e. The lowest BCUT2D eigenvalue weighted by molar-refractivity contribution is -0.179. The van der Waals surface area contributed by atoms with Crippen LogP contribution in [0.4, 0.5) is 17.6 Å². The Morgan fingerprint density at radius 2 is 1.82 bits per heavy atom. The summed E-state index contributed by atoms with van der Waals surface area (Å²) in [4.78, 5) is 11.6. The fourth-order valence-corrected chi connectivity index (χ4v) is 1.13. The van der Waals surface area contributed by atoms with Crippen molar-refractivity contribution >= 4 is 5.91 Å². The molecule has 0 aliphatic rings. The van der Waals surface area contributed by atoms with Crippen molar-refractivity contribution in [2.75, 3.05) is 13.6 Å². The molecule has 1 amide bonds. The predicted octanol–water partition coefficient (Wildman–Crippen LogP) is 1.72. The minimum absolute atomic E-state index is 0.0690. The maximum absolute atomic E-state index is 12.7. The van der Waals surface area contributed by atoms with Crippen LogP contribution in [-0.4, -0.2) is 42.8 Å². The molecule has 102 valence electrons. The third-order valence-corrected chi connectivity index (χ3v) is 2.56. The molecule has 0 spiro atoms. The van der Waals surface area contributed by atoms with Crippen LogP contribution in [0.2, 0.25) is 0 Å². The highest BCUT2D eigenvalue weighted by molar-refractivity contribution is 5.83. The minimum Gasteiger partial charge on any atom is -0.340 e. The van der Waals surface area contributed by atoms with Gasteiger partial charge in [-0.25, -0.2) is 8.78 Å². The van der Waals surface area contributed by atoms with Crippen molar-refractivity contribution in [1.82, 2.24) is 4.90 Å². The number of nitrogens with two attached hydrogens (primary N) is 1. The smallest absolute Gasteiger partial charge is 0.340 e. The van der Waals surface area contributed by atoms with Crippen molar-refractivity contribution in [1.29, 1.82) is 0 Å². The molecule has 0 aromatic heterocycles. The van der Waals surface area contributed by atoms with Crippen LogP contribution in [0.1, 0.15) is 20.3 Å². The van der Waals surface area contributed by atoms with Gasteiger partial charge < -0.3 is 10.6 Å². The van der Waals surface area contributed by atoms with Crippen LogP contribution in [0.25, 0.3) is 0 Å². The molecule has 0 aliphatic carbocycles. The van der Waals surface area contributed by atoms with Gasteiger partial charge in [0, 0.05) is 19.6 Å². The lowest BCUT2D eigenvalue weighted by atomic mass is 10.0. The van der Waals surface area contributed by atoms with Crippen molar-refractivity contribution < 1.29 is 22.4 Å². The Balaban J connectivity index is 4.33. The van der Waals surface area contributed by atoms with Gasteiger partial charge in [-0.1, -0.05) is 13.8 Å². The summed E-state index contributed by atoms with van der Waals surface area (Å²) in [5, 5.41) is 0. The van der Waals surface area contributed by atoms with Crippen molar-refractivity contribution in [3.05, 3.63) is 0 Å². The summed E-state index contributed by atoms with van der Waals surface area (Å²) in [6.07, 6.45) is -3.70. The van der Waals surface area contributed by atoms with E-state index >= 15 is 0 Å². The first-order valence-corrected chi connectivity index (χ1v) is 5.27. The summed E-state index contributed by atoms with van der Waals surface area (Å²) >= 11 is 0. The van der Waals surface area contributed by atoms with E-state index < -0.39 is 18.3 Å². The van der Waals surface area contributed by atoms with Crippen LogP contribution in [-0.2, 0) is 4.79 Å². The number of hydrogen-bond donors (Lipinski definition) is 1. The molecule has 0 bridgehead atoms. The van der Waals surface area contributed by atoms with Gasteiger partial charge in [-0.3, -0.25) is 4.79 Å². The highest BCUT2D eigenvalue weighted by Crippen LogP contribution is 2.25. The van der Waals surface area contributed by atoms with Crippen molar-refractivity contribution in [2.45, 2.75) is 38.7 Å². The molecule has 0 saturated carbocycles. The predicted molar refractivity (Wildman–Crippen MR) is 56.0 cm³/mol. The van der Waals surface area contributed by atoms with Crippen molar-refractivity contribution in [2.24, 2.45) is 11.7 Å². The maximum atomic E-state index is 12.7. The second-order valence-corrected chi connectivity index (χ2v) is 4.35. The molecule has 2 N–H and O–H groups in total. The molecule has 0 radical (unpaired) electrons. The SMILES string of the molecule is CC(C)C(N)CCN(C)C(=O)C(F)(F)C(F)F. The number of hydrogen-bond acceptors (Lipinski definition) is 2. The number of rotatable bonds is 6. The topological polar surface area (TPSA) is 46.3 Å². The molecule has 0 aromatic carbocycles. The Kier molecular flexibility index (Phi) is 5.87. The first-order valence-electron chi connectivity index (χ1n) is 5.27. The molecule has 0 aromatic rings. The summed E-state index contributed by atoms with van der Waals surface area (Å²) in [5.74, 6) is -6.37. The van der Waals surface area contributed by atoms with E-state index in [0.29, 0.717) is 11.3 Å². The average molecular weight is 258 g/mol. The molecule has 3 nitrogen and oxygen atoms in total. The van der Waals surface area contributed by atoms with Crippen LogP contribution in [0, 0.1) is 5.92 Å². The monoisotopic (exact) mass is 258 g/mol. The van der Waals surface area contributed by atoms with Gasteiger partial charge in [0.25, 0.3) is 5.91 Å². The zero-order valence-corrected chi connectivity index (χ0v) is 10.1. The molecule has 1 unspecified atom stereocenters. The summed E-state index contributed by atoms with van der Waals surface area (Å²) in [7, 11) is 1.06. The quantitative estimate of drug-likeness (QED) is 0.737. The van der Waals surface area contributed by atoms with Gasteiger partial charge in [0.15, 0.2) is 0 Å². The second-order valence-electron chi connectivity index (χ2n) is 4.35.